The standard InChI is InChI=1S/C27H17Cl2FN2O4/c28-15-6-11-20(29)19(14-15)21-12-13-22(35-21)24-23-25(36-32(24)18-4-2-1-3-5-18)27(34)31(26(23)33)17-9-7-16(30)8-10-17/h1-14,23-25H/t23-,24-,25+/m1/s1. The molecule has 2 amide bonds. The van der Waals surface area contributed by atoms with Crippen LogP contribution >= 0.6 is 23.2 Å². The number of nitrogens with zero attached hydrogens (tertiary/aromatic N) is 2. The first-order valence-corrected chi connectivity index (χ1v) is 11.9. The van der Waals surface area contributed by atoms with Crippen LogP contribution in [-0.4, -0.2) is 17.9 Å². The lowest BCUT2D eigenvalue weighted by molar-refractivity contribution is -0.126. The van der Waals surface area contributed by atoms with Crippen molar-refractivity contribution in [1.29, 1.82) is 0 Å². The van der Waals surface area contributed by atoms with Crippen LogP contribution in [0.2, 0.25) is 10.0 Å². The van der Waals surface area contributed by atoms with Gasteiger partial charge in [0.25, 0.3) is 5.91 Å². The highest BCUT2D eigenvalue weighted by molar-refractivity contribution is 6.35. The van der Waals surface area contributed by atoms with Gasteiger partial charge in [-0.3, -0.25) is 14.4 Å². The van der Waals surface area contributed by atoms with Crippen molar-refractivity contribution in [3.8, 4) is 11.3 Å². The molecule has 6 rings (SSSR count). The van der Waals surface area contributed by atoms with E-state index in [-0.39, 0.29) is 5.69 Å². The number of furan rings is 1. The Bertz CT molecular complexity index is 1470. The Kier molecular flexibility index (Phi) is 5.56. The number of hydroxylamine groups is 1. The first-order valence-electron chi connectivity index (χ1n) is 11.1. The zero-order chi connectivity index (χ0) is 25.0. The zero-order valence-corrected chi connectivity index (χ0v) is 20.0. The largest absolute Gasteiger partial charge is 0.459 e. The van der Waals surface area contributed by atoms with E-state index in [1.807, 2.05) is 30.3 Å². The number of imide groups is 1. The Morgan fingerprint density at radius 1 is 0.806 bits per heavy atom. The summed E-state index contributed by atoms with van der Waals surface area (Å²) in [4.78, 5) is 34.1. The summed E-state index contributed by atoms with van der Waals surface area (Å²) < 4.78 is 19.7. The molecule has 0 radical (unpaired) electrons. The van der Waals surface area contributed by atoms with Crippen LogP contribution in [0.3, 0.4) is 0 Å². The van der Waals surface area contributed by atoms with E-state index in [0.717, 1.165) is 4.90 Å². The first kappa shape index (κ1) is 22.8. The van der Waals surface area contributed by atoms with Gasteiger partial charge in [0.05, 0.1) is 16.4 Å². The SMILES string of the molecule is O=C1[C@H]2[C@H](ON(c3ccccc3)[C@@H]2c2ccc(-c3cc(Cl)ccc3Cl)o2)C(=O)N1c1ccc(F)cc1. The van der Waals surface area contributed by atoms with Gasteiger partial charge in [-0.15, -0.1) is 0 Å². The topological polar surface area (TPSA) is 63.0 Å². The number of fused-ring (bicyclic) bond motifs is 1. The van der Waals surface area contributed by atoms with Gasteiger partial charge < -0.3 is 4.42 Å². The Hall–Kier alpha value is -3.65. The van der Waals surface area contributed by atoms with Crippen molar-refractivity contribution in [2.75, 3.05) is 9.96 Å². The molecule has 2 saturated heterocycles. The van der Waals surface area contributed by atoms with Gasteiger partial charge >= 0.3 is 0 Å². The molecule has 0 aliphatic carbocycles. The van der Waals surface area contributed by atoms with E-state index in [2.05, 4.69) is 0 Å². The van der Waals surface area contributed by atoms with Gasteiger partial charge in [0, 0.05) is 10.6 Å². The van der Waals surface area contributed by atoms with E-state index in [4.69, 9.17) is 32.5 Å². The number of carbonyl (C=O) groups is 2. The number of carbonyl (C=O) groups excluding carboxylic acids is 2. The Labute approximate surface area is 215 Å². The van der Waals surface area contributed by atoms with Crippen molar-refractivity contribution in [3.63, 3.8) is 0 Å². The number of benzene rings is 3. The molecule has 1 aromatic heterocycles. The highest BCUT2D eigenvalue weighted by Gasteiger charge is 2.61. The van der Waals surface area contributed by atoms with Crippen LogP contribution in [0.25, 0.3) is 11.3 Å². The molecule has 180 valence electrons. The number of hydrogen-bond donors (Lipinski definition) is 0. The molecular weight excluding hydrogens is 506 g/mol. The molecule has 6 nitrogen and oxygen atoms in total. The van der Waals surface area contributed by atoms with Gasteiger partial charge in [0.15, 0.2) is 6.10 Å². The van der Waals surface area contributed by atoms with Crippen molar-refractivity contribution < 1.29 is 23.2 Å². The maximum absolute atomic E-state index is 13.6. The molecule has 2 fully saturated rings. The molecule has 9 heteroatoms. The minimum atomic E-state index is -1.07. The molecule has 0 bridgehead atoms. The van der Waals surface area contributed by atoms with Crippen molar-refractivity contribution >= 4 is 46.4 Å². The highest BCUT2D eigenvalue weighted by Crippen LogP contribution is 2.48. The second-order valence-electron chi connectivity index (χ2n) is 8.47. The minimum absolute atomic E-state index is 0.278. The first-order chi connectivity index (χ1) is 17.4. The van der Waals surface area contributed by atoms with E-state index in [1.54, 1.807) is 30.3 Å². The molecule has 0 N–H and O–H groups in total. The predicted octanol–water partition coefficient (Wildman–Crippen LogP) is 6.44. The fraction of sp³-hybridized carbons (Fsp3) is 0.111. The fourth-order valence-corrected chi connectivity index (χ4v) is 5.07. The van der Waals surface area contributed by atoms with Crippen LogP contribution in [0.5, 0.6) is 0 Å². The van der Waals surface area contributed by atoms with Crippen LogP contribution < -0.4 is 9.96 Å². The third-order valence-corrected chi connectivity index (χ3v) is 6.89. The maximum atomic E-state index is 13.6. The summed E-state index contributed by atoms with van der Waals surface area (Å²) in [5.74, 6) is -1.47. The van der Waals surface area contributed by atoms with Crippen LogP contribution in [0.4, 0.5) is 15.8 Å². The second kappa shape index (κ2) is 8.78. The van der Waals surface area contributed by atoms with Crippen molar-refractivity contribution in [3.05, 3.63) is 107 Å². The summed E-state index contributed by atoms with van der Waals surface area (Å²) >= 11 is 12.5. The average Bonchev–Trinajstić information content (AvgIpc) is 3.57. The monoisotopic (exact) mass is 522 g/mol. The lowest BCUT2D eigenvalue weighted by atomic mass is 9.94. The molecule has 0 unspecified atom stereocenters. The van der Waals surface area contributed by atoms with Gasteiger partial charge in [-0.1, -0.05) is 41.4 Å². The molecule has 0 spiro atoms. The van der Waals surface area contributed by atoms with Crippen LogP contribution in [-0.2, 0) is 14.4 Å². The summed E-state index contributed by atoms with van der Waals surface area (Å²) in [5, 5.41) is 2.49. The highest BCUT2D eigenvalue weighted by atomic mass is 35.5. The summed E-state index contributed by atoms with van der Waals surface area (Å²) in [6.07, 6.45) is -1.07. The Morgan fingerprint density at radius 3 is 2.31 bits per heavy atom. The molecule has 2 aliphatic heterocycles. The van der Waals surface area contributed by atoms with Gasteiger partial charge in [-0.25, -0.2) is 14.4 Å². The molecule has 0 saturated carbocycles. The molecule has 36 heavy (non-hydrogen) atoms. The Balaban J connectivity index is 1.43. The van der Waals surface area contributed by atoms with E-state index in [1.165, 1.54) is 29.3 Å². The Morgan fingerprint density at radius 2 is 1.56 bits per heavy atom. The van der Waals surface area contributed by atoms with Gasteiger partial charge in [-0.05, 0) is 66.7 Å². The van der Waals surface area contributed by atoms with E-state index in [0.29, 0.717) is 32.8 Å². The quantitative estimate of drug-likeness (QED) is 0.288. The number of anilines is 2. The summed E-state index contributed by atoms with van der Waals surface area (Å²) in [7, 11) is 0. The third kappa shape index (κ3) is 3.67. The number of hydrogen-bond acceptors (Lipinski definition) is 5. The van der Waals surface area contributed by atoms with Crippen LogP contribution in [0.15, 0.2) is 89.3 Å². The smallest absolute Gasteiger partial charge is 0.266 e. The molecule has 2 aliphatic rings. The van der Waals surface area contributed by atoms with Crippen molar-refractivity contribution in [2.45, 2.75) is 12.1 Å². The average molecular weight is 523 g/mol. The van der Waals surface area contributed by atoms with Gasteiger partial charge in [0.2, 0.25) is 5.91 Å². The van der Waals surface area contributed by atoms with Gasteiger partial charge in [-0.2, -0.15) is 0 Å². The van der Waals surface area contributed by atoms with E-state index in [9.17, 15) is 14.0 Å². The molecule has 3 atom stereocenters. The fourth-order valence-electron chi connectivity index (χ4n) is 4.69. The predicted molar refractivity (Wildman–Crippen MR) is 133 cm³/mol. The third-order valence-electron chi connectivity index (χ3n) is 6.32. The normalized spacial score (nSPS) is 21.4. The van der Waals surface area contributed by atoms with Crippen LogP contribution in [0.1, 0.15) is 11.8 Å². The molecular formula is C27H17Cl2FN2O4. The van der Waals surface area contributed by atoms with E-state index >= 15 is 0 Å². The lowest BCUT2D eigenvalue weighted by Gasteiger charge is -2.27. The number of amides is 2. The summed E-state index contributed by atoms with van der Waals surface area (Å²) in [6.45, 7) is 0. The van der Waals surface area contributed by atoms with Crippen molar-refractivity contribution in [1.82, 2.24) is 0 Å². The lowest BCUT2D eigenvalue weighted by Crippen LogP contribution is -2.37. The minimum Gasteiger partial charge on any atom is -0.459 e. The number of halogens is 3. The van der Waals surface area contributed by atoms with Crippen LogP contribution in [0, 0.1) is 11.7 Å². The molecule has 3 aromatic carbocycles. The van der Waals surface area contributed by atoms with E-state index < -0.39 is 35.7 Å². The number of para-hydroxylation sites is 1. The molecule has 3 heterocycles. The summed E-state index contributed by atoms with van der Waals surface area (Å²) in [6, 6.07) is 22.1. The number of rotatable bonds is 4. The van der Waals surface area contributed by atoms with Gasteiger partial charge in [0.1, 0.15) is 29.3 Å². The summed E-state index contributed by atoms with van der Waals surface area (Å²) in [5.41, 5.74) is 1.53. The molecule has 4 aromatic rings. The maximum Gasteiger partial charge on any atom is 0.266 e. The van der Waals surface area contributed by atoms with Crippen molar-refractivity contribution in [2.24, 2.45) is 5.92 Å². The second-order valence-corrected chi connectivity index (χ2v) is 9.32. The zero-order valence-electron chi connectivity index (χ0n) is 18.5.